The highest BCUT2D eigenvalue weighted by Gasteiger charge is 2.20. The minimum Gasteiger partial charge on any atom is -0.494 e. The number of nitrogen functional groups attached to an aromatic ring is 1. The Kier molecular flexibility index (Phi) is 4.25. The summed E-state index contributed by atoms with van der Waals surface area (Å²) in [4.78, 5) is 4.18. The van der Waals surface area contributed by atoms with Gasteiger partial charge in [0.1, 0.15) is 11.6 Å². The van der Waals surface area contributed by atoms with Gasteiger partial charge in [0.15, 0.2) is 11.5 Å². The SMILES string of the molecule is CCOc1ccc(-n2nnc(-c3nc(-c4ccccc4F)no3)c2N)cc1. The van der Waals surface area contributed by atoms with Crippen molar-refractivity contribution in [3.63, 3.8) is 0 Å². The third-order valence-corrected chi connectivity index (χ3v) is 3.84. The number of aromatic nitrogens is 5. The van der Waals surface area contributed by atoms with E-state index in [0.29, 0.717) is 12.3 Å². The number of benzene rings is 2. The first-order valence-electron chi connectivity index (χ1n) is 8.20. The Bertz CT molecular complexity index is 1070. The van der Waals surface area contributed by atoms with E-state index >= 15 is 0 Å². The molecule has 27 heavy (non-hydrogen) atoms. The monoisotopic (exact) mass is 366 g/mol. The molecule has 0 spiro atoms. The van der Waals surface area contributed by atoms with Crippen LogP contribution in [-0.4, -0.2) is 31.7 Å². The summed E-state index contributed by atoms with van der Waals surface area (Å²) >= 11 is 0. The standard InChI is InChI=1S/C18H15FN6O2/c1-2-26-12-9-7-11(8-10-12)25-16(20)15(22-24-25)18-21-17(23-27-18)13-5-3-4-6-14(13)19/h3-10H,2,20H2,1H3. The van der Waals surface area contributed by atoms with Crippen LogP contribution < -0.4 is 10.5 Å². The maximum atomic E-state index is 13.9. The van der Waals surface area contributed by atoms with Gasteiger partial charge < -0.3 is 15.0 Å². The highest BCUT2D eigenvalue weighted by Crippen LogP contribution is 2.27. The Hall–Kier alpha value is -3.75. The number of nitrogens with zero attached hydrogens (tertiary/aromatic N) is 5. The summed E-state index contributed by atoms with van der Waals surface area (Å²) < 4.78 is 25.9. The Balaban J connectivity index is 1.66. The number of ether oxygens (including phenoxy) is 1. The molecule has 4 rings (SSSR count). The fourth-order valence-corrected chi connectivity index (χ4v) is 2.55. The number of rotatable bonds is 5. The summed E-state index contributed by atoms with van der Waals surface area (Å²) in [6.45, 7) is 2.49. The van der Waals surface area contributed by atoms with E-state index in [4.69, 9.17) is 15.0 Å². The fourth-order valence-electron chi connectivity index (χ4n) is 2.55. The number of anilines is 1. The maximum absolute atomic E-state index is 13.9. The quantitative estimate of drug-likeness (QED) is 0.578. The van der Waals surface area contributed by atoms with Gasteiger partial charge in [-0.2, -0.15) is 9.67 Å². The van der Waals surface area contributed by atoms with Gasteiger partial charge in [-0.1, -0.05) is 22.5 Å². The summed E-state index contributed by atoms with van der Waals surface area (Å²) in [5, 5.41) is 11.9. The van der Waals surface area contributed by atoms with Gasteiger partial charge in [0.2, 0.25) is 5.82 Å². The number of hydrogen-bond acceptors (Lipinski definition) is 7. The highest BCUT2D eigenvalue weighted by molar-refractivity contribution is 5.66. The molecule has 0 unspecified atom stereocenters. The molecule has 0 aliphatic rings. The first-order chi connectivity index (χ1) is 13.2. The summed E-state index contributed by atoms with van der Waals surface area (Å²) in [6.07, 6.45) is 0. The normalized spacial score (nSPS) is 10.9. The molecule has 2 aromatic carbocycles. The van der Waals surface area contributed by atoms with E-state index in [9.17, 15) is 4.39 Å². The predicted molar refractivity (Wildman–Crippen MR) is 95.6 cm³/mol. The van der Waals surface area contributed by atoms with Crippen molar-refractivity contribution in [2.75, 3.05) is 12.3 Å². The Morgan fingerprint density at radius 1 is 1.15 bits per heavy atom. The number of nitrogens with two attached hydrogens (primary N) is 1. The zero-order valence-electron chi connectivity index (χ0n) is 14.3. The van der Waals surface area contributed by atoms with Gasteiger partial charge in [0.25, 0.3) is 5.89 Å². The Morgan fingerprint density at radius 2 is 1.93 bits per heavy atom. The van der Waals surface area contributed by atoms with Crippen LogP contribution in [0.3, 0.4) is 0 Å². The third kappa shape index (κ3) is 3.10. The lowest BCUT2D eigenvalue weighted by atomic mass is 10.2. The van der Waals surface area contributed by atoms with E-state index in [-0.39, 0.29) is 28.8 Å². The molecule has 0 radical (unpaired) electrons. The number of hydrogen-bond donors (Lipinski definition) is 1. The number of halogens is 1. The Labute approximate surface area is 153 Å². The van der Waals surface area contributed by atoms with Crippen LogP contribution in [0.5, 0.6) is 5.75 Å². The Morgan fingerprint density at radius 3 is 2.67 bits per heavy atom. The van der Waals surface area contributed by atoms with E-state index in [1.165, 1.54) is 10.7 Å². The lowest BCUT2D eigenvalue weighted by molar-refractivity contribution is 0.340. The molecule has 0 fully saturated rings. The molecule has 0 aliphatic heterocycles. The predicted octanol–water partition coefficient (Wildman–Crippen LogP) is 3.10. The molecular weight excluding hydrogens is 351 g/mol. The van der Waals surface area contributed by atoms with E-state index < -0.39 is 5.82 Å². The second-order valence-corrected chi connectivity index (χ2v) is 5.56. The average molecular weight is 366 g/mol. The van der Waals surface area contributed by atoms with Crippen LogP contribution in [0, 0.1) is 5.82 Å². The summed E-state index contributed by atoms with van der Waals surface area (Å²) in [5.74, 6) is 0.686. The average Bonchev–Trinajstić information content (AvgIpc) is 3.30. The van der Waals surface area contributed by atoms with Crippen LogP contribution in [0.25, 0.3) is 28.7 Å². The molecule has 0 saturated carbocycles. The zero-order valence-corrected chi connectivity index (χ0v) is 14.3. The van der Waals surface area contributed by atoms with E-state index in [2.05, 4.69) is 20.5 Å². The third-order valence-electron chi connectivity index (χ3n) is 3.84. The smallest absolute Gasteiger partial charge is 0.282 e. The molecule has 2 heterocycles. The van der Waals surface area contributed by atoms with Gasteiger partial charge in [0.05, 0.1) is 17.9 Å². The molecule has 8 nitrogen and oxygen atoms in total. The van der Waals surface area contributed by atoms with Crippen molar-refractivity contribution in [2.45, 2.75) is 6.92 Å². The topological polar surface area (TPSA) is 105 Å². The van der Waals surface area contributed by atoms with Crippen LogP contribution in [0.1, 0.15) is 6.92 Å². The van der Waals surface area contributed by atoms with Crippen LogP contribution in [0.4, 0.5) is 10.2 Å². The molecule has 0 saturated heterocycles. The minimum absolute atomic E-state index is 0.0583. The minimum atomic E-state index is -0.448. The molecule has 0 aliphatic carbocycles. The molecule has 0 bridgehead atoms. The first kappa shape index (κ1) is 16.7. The van der Waals surface area contributed by atoms with E-state index in [1.54, 1.807) is 30.3 Å². The lowest BCUT2D eigenvalue weighted by Crippen LogP contribution is -2.02. The van der Waals surface area contributed by atoms with Crippen molar-refractivity contribution >= 4 is 5.82 Å². The van der Waals surface area contributed by atoms with Gasteiger partial charge in [-0.25, -0.2) is 4.39 Å². The van der Waals surface area contributed by atoms with Crippen molar-refractivity contribution < 1.29 is 13.7 Å². The van der Waals surface area contributed by atoms with Crippen molar-refractivity contribution in [1.82, 2.24) is 25.1 Å². The van der Waals surface area contributed by atoms with Crippen LogP contribution in [-0.2, 0) is 0 Å². The molecule has 0 atom stereocenters. The molecule has 2 N–H and O–H groups in total. The van der Waals surface area contributed by atoms with Crippen LogP contribution >= 0.6 is 0 Å². The first-order valence-corrected chi connectivity index (χ1v) is 8.20. The molecule has 9 heteroatoms. The zero-order chi connectivity index (χ0) is 18.8. The second kappa shape index (κ2) is 6.87. The molecule has 4 aromatic rings. The van der Waals surface area contributed by atoms with Gasteiger partial charge in [0, 0.05) is 0 Å². The largest absolute Gasteiger partial charge is 0.494 e. The lowest BCUT2D eigenvalue weighted by Gasteiger charge is -2.05. The van der Waals surface area contributed by atoms with E-state index in [0.717, 1.165) is 5.75 Å². The highest BCUT2D eigenvalue weighted by atomic mass is 19.1. The molecular formula is C18H15FN6O2. The summed E-state index contributed by atoms with van der Waals surface area (Å²) in [5.41, 5.74) is 7.29. The van der Waals surface area contributed by atoms with Gasteiger partial charge >= 0.3 is 0 Å². The van der Waals surface area contributed by atoms with Crippen molar-refractivity contribution in [1.29, 1.82) is 0 Å². The van der Waals surface area contributed by atoms with Crippen molar-refractivity contribution in [3.8, 4) is 34.4 Å². The van der Waals surface area contributed by atoms with Crippen molar-refractivity contribution in [3.05, 3.63) is 54.3 Å². The fraction of sp³-hybridized carbons (Fsp3) is 0.111. The summed E-state index contributed by atoms with van der Waals surface area (Å²) in [7, 11) is 0. The molecule has 136 valence electrons. The van der Waals surface area contributed by atoms with Gasteiger partial charge in [-0.15, -0.1) is 5.10 Å². The van der Waals surface area contributed by atoms with Crippen LogP contribution in [0.2, 0.25) is 0 Å². The molecule has 2 aromatic heterocycles. The maximum Gasteiger partial charge on any atom is 0.282 e. The second-order valence-electron chi connectivity index (χ2n) is 5.56. The van der Waals surface area contributed by atoms with E-state index in [1.807, 2.05) is 19.1 Å². The van der Waals surface area contributed by atoms with Crippen LogP contribution in [0.15, 0.2) is 53.1 Å². The van der Waals surface area contributed by atoms with Crippen molar-refractivity contribution in [2.24, 2.45) is 0 Å². The van der Waals surface area contributed by atoms with Gasteiger partial charge in [-0.05, 0) is 43.3 Å². The molecule has 0 amide bonds. The summed E-state index contributed by atoms with van der Waals surface area (Å²) in [6, 6.07) is 13.4. The van der Waals surface area contributed by atoms with Gasteiger partial charge in [-0.3, -0.25) is 0 Å².